The molecule has 5 heteroatoms. The molecule has 1 atom stereocenters. The van der Waals surface area contributed by atoms with Crippen LogP contribution in [0.4, 0.5) is 10.1 Å². The highest BCUT2D eigenvalue weighted by Crippen LogP contribution is 2.29. The van der Waals surface area contributed by atoms with Crippen LogP contribution in [0, 0.1) is 12.7 Å². The van der Waals surface area contributed by atoms with Gasteiger partial charge in [-0.15, -0.1) is 0 Å². The van der Waals surface area contributed by atoms with Gasteiger partial charge in [-0.3, -0.25) is 4.79 Å². The second-order valence-electron chi connectivity index (χ2n) is 5.57. The predicted octanol–water partition coefficient (Wildman–Crippen LogP) is 2.54. The van der Waals surface area contributed by atoms with Crippen LogP contribution < -0.4 is 10.2 Å². The molecule has 2 N–H and O–H groups in total. The Labute approximate surface area is 126 Å². The summed E-state index contributed by atoms with van der Waals surface area (Å²) in [4.78, 5) is 13.8. The Kier molecular flexibility index (Phi) is 6.15. The van der Waals surface area contributed by atoms with Gasteiger partial charge in [-0.1, -0.05) is 0 Å². The molecule has 1 amide bonds. The van der Waals surface area contributed by atoms with Crippen molar-refractivity contribution in [1.29, 1.82) is 0 Å². The number of carbonyl (C=O) groups is 1. The fraction of sp³-hybridized carbons (Fsp3) is 0.562. The van der Waals surface area contributed by atoms with Crippen LogP contribution in [0.1, 0.15) is 44.9 Å². The molecular formula is C16H25FN2O2. The number of aliphatic hydroxyl groups is 1. The van der Waals surface area contributed by atoms with Gasteiger partial charge in [0.25, 0.3) is 0 Å². The normalized spacial score (nSPS) is 12.4. The van der Waals surface area contributed by atoms with Gasteiger partial charge in [-0.05, 0) is 52.3 Å². The van der Waals surface area contributed by atoms with Crippen LogP contribution in [0.3, 0.4) is 0 Å². The van der Waals surface area contributed by atoms with Gasteiger partial charge in [-0.2, -0.15) is 0 Å². The molecule has 0 aliphatic heterocycles. The highest BCUT2D eigenvalue weighted by molar-refractivity contribution is 5.82. The summed E-state index contributed by atoms with van der Waals surface area (Å²) in [5, 5.41) is 12.7. The molecule has 0 aliphatic carbocycles. The van der Waals surface area contributed by atoms with E-state index in [2.05, 4.69) is 5.32 Å². The van der Waals surface area contributed by atoms with Crippen LogP contribution >= 0.6 is 0 Å². The van der Waals surface area contributed by atoms with E-state index < -0.39 is 6.10 Å². The molecule has 21 heavy (non-hydrogen) atoms. The fourth-order valence-corrected chi connectivity index (χ4v) is 2.20. The molecule has 1 rings (SSSR count). The van der Waals surface area contributed by atoms with Crippen molar-refractivity contribution in [3.63, 3.8) is 0 Å². The number of aliphatic hydroxyl groups excluding tert-OH is 1. The van der Waals surface area contributed by atoms with E-state index in [9.17, 15) is 14.3 Å². The summed E-state index contributed by atoms with van der Waals surface area (Å²) in [5.74, 6) is -0.442. The van der Waals surface area contributed by atoms with E-state index in [1.165, 1.54) is 6.07 Å². The molecule has 0 aliphatic rings. The Morgan fingerprint density at radius 2 is 2.00 bits per heavy atom. The van der Waals surface area contributed by atoms with E-state index in [1.807, 2.05) is 25.7 Å². The monoisotopic (exact) mass is 296 g/mol. The maximum atomic E-state index is 13.7. The molecule has 118 valence electrons. The van der Waals surface area contributed by atoms with Crippen LogP contribution in [-0.2, 0) is 4.79 Å². The molecule has 0 unspecified atom stereocenters. The SMILES string of the molecule is CCN(CC(=O)NC(C)C)c1cc(C)c(F)cc1[C@@H](C)O. The number of hydrogen-bond acceptors (Lipinski definition) is 3. The zero-order valence-corrected chi connectivity index (χ0v) is 13.4. The standard InChI is InChI=1S/C16H25FN2O2/c1-6-19(9-16(21)18-10(2)3)15-7-11(4)14(17)8-13(15)12(5)20/h7-8,10,12,20H,6,9H2,1-5H3,(H,18,21)/t12-/m1/s1. The second-order valence-corrected chi connectivity index (χ2v) is 5.57. The van der Waals surface area contributed by atoms with E-state index in [1.54, 1.807) is 19.9 Å². The summed E-state index contributed by atoms with van der Waals surface area (Å²) in [6, 6.07) is 3.10. The number of rotatable bonds is 6. The molecule has 0 radical (unpaired) electrons. The van der Waals surface area contributed by atoms with Crippen molar-refractivity contribution in [1.82, 2.24) is 5.32 Å². The Bertz CT molecular complexity index is 501. The van der Waals surface area contributed by atoms with E-state index in [-0.39, 0.29) is 24.3 Å². The molecular weight excluding hydrogens is 271 g/mol. The Morgan fingerprint density at radius 3 is 2.48 bits per heavy atom. The van der Waals surface area contributed by atoms with Gasteiger partial charge in [0.05, 0.1) is 12.6 Å². The second kappa shape index (κ2) is 7.41. The first-order chi connectivity index (χ1) is 9.76. The molecule has 1 aromatic rings. The largest absolute Gasteiger partial charge is 0.389 e. The van der Waals surface area contributed by atoms with Crippen molar-refractivity contribution in [3.8, 4) is 0 Å². The average Bonchev–Trinajstić information content (AvgIpc) is 2.37. The van der Waals surface area contributed by atoms with Crippen molar-refractivity contribution in [3.05, 3.63) is 29.1 Å². The maximum absolute atomic E-state index is 13.7. The number of nitrogens with one attached hydrogen (secondary N) is 1. The van der Waals surface area contributed by atoms with Crippen molar-refractivity contribution in [2.45, 2.75) is 46.8 Å². The number of amides is 1. The van der Waals surface area contributed by atoms with Gasteiger partial charge >= 0.3 is 0 Å². The van der Waals surface area contributed by atoms with Crippen LogP contribution in [0.25, 0.3) is 0 Å². The summed E-state index contributed by atoms with van der Waals surface area (Å²) >= 11 is 0. The third kappa shape index (κ3) is 4.70. The first-order valence-electron chi connectivity index (χ1n) is 7.28. The minimum atomic E-state index is -0.794. The maximum Gasteiger partial charge on any atom is 0.239 e. The van der Waals surface area contributed by atoms with Crippen LogP contribution in [0.2, 0.25) is 0 Å². The number of likely N-dealkylation sites (N-methyl/N-ethyl adjacent to an activating group) is 1. The molecule has 4 nitrogen and oxygen atoms in total. The fourth-order valence-electron chi connectivity index (χ4n) is 2.20. The highest BCUT2D eigenvalue weighted by Gasteiger charge is 2.18. The summed E-state index contributed by atoms with van der Waals surface area (Å²) < 4.78 is 13.7. The lowest BCUT2D eigenvalue weighted by Gasteiger charge is -2.27. The molecule has 1 aromatic carbocycles. The average molecular weight is 296 g/mol. The lowest BCUT2D eigenvalue weighted by atomic mass is 10.0. The van der Waals surface area contributed by atoms with Gasteiger partial charge in [0.1, 0.15) is 5.82 Å². The third-order valence-corrected chi connectivity index (χ3v) is 3.26. The van der Waals surface area contributed by atoms with Gasteiger partial charge in [0.2, 0.25) is 5.91 Å². The van der Waals surface area contributed by atoms with Gasteiger partial charge < -0.3 is 15.3 Å². The quantitative estimate of drug-likeness (QED) is 0.848. The topological polar surface area (TPSA) is 52.6 Å². The zero-order valence-electron chi connectivity index (χ0n) is 13.4. The van der Waals surface area contributed by atoms with Crippen molar-refractivity contribution < 1.29 is 14.3 Å². The van der Waals surface area contributed by atoms with Gasteiger partial charge in [0, 0.05) is 23.8 Å². The van der Waals surface area contributed by atoms with Crippen molar-refractivity contribution in [2.24, 2.45) is 0 Å². The molecule has 0 heterocycles. The third-order valence-electron chi connectivity index (χ3n) is 3.26. The number of nitrogens with zero attached hydrogens (tertiary/aromatic N) is 1. The van der Waals surface area contributed by atoms with E-state index in [0.29, 0.717) is 23.4 Å². The zero-order chi connectivity index (χ0) is 16.2. The molecule has 0 bridgehead atoms. The Hall–Kier alpha value is -1.62. The first-order valence-corrected chi connectivity index (χ1v) is 7.28. The predicted molar refractivity (Wildman–Crippen MR) is 82.9 cm³/mol. The molecule has 0 saturated heterocycles. The number of benzene rings is 1. The summed E-state index contributed by atoms with van der Waals surface area (Å²) in [7, 11) is 0. The number of carbonyl (C=O) groups excluding carboxylic acids is 1. The summed E-state index contributed by atoms with van der Waals surface area (Å²) in [6.45, 7) is 9.76. The number of halogens is 1. The minimum Gasteiger partial charge on any atom is -0.389 e. The van der Waals surface area contributed by atoms with E-state index >= 15 is 0 Å². The van der Waals surface area contributed by atoms with E-state index in [4.69, 9.17) is 0 Å². The lowest BCUT2D eigenvalue weighted by Crippen LogP contribution is -2.40. The Morgan fingerprint density at radius 1 is 1.38 bits per heavy atom. The number of aryl methyl sites for hydroxylation is 1. The first kappa shape index (κ1) is 17.4. The molecule has 0 spiro atoms. The molecule has 0 aromatic heterocycles. The van der Waals surface area contributed by atoms with E-state index in [0.717, 1.165) is 0 Å². The summed E-state index contributed by atoms with van der Waals surface area (Å²) in [5.41, 5.74) is 1.69. The van der Waals surface area contributed by atoms with Crippen LogP contribution in [0.5, 0.6) is 0 Å². The number of hydrogen-bond donors (Lipinski definition) is 2. The molecule has 0 fully saturated rings. The minimum absolute atomic E-state index is 0.0717. The smallest absolute Gasteiger partial charge is 0.239 e. The van der Waals surface area contributed by atoms with Crippen LogP contribution in [0.15, 0.2) is 12.1 Å². The van der Waals surface area contributed by atoms with Gasteiger partial charge in [0.15, 0.2) is 0 Å². The van der Waals surface area contributed by atoms with Gasteiger partial charge in [-0.25, -0.2) is 4.39 Å². The number of anilines is 1. The van der Waals surface area contributed by atoms with Crippen molar-refractivity contribution >= 4 is 11.6 Å². The summed E-state index contributed by atoms with van der Waals surface area (Å²) in [6.07, 6.45) is -0.794. The van der Waals surface area contributed by atoms with Crippen LogP contribution in [-0.4, -0.2) is 30.1 Å². The highest BCUT2D eigenvalue weighted by atomic mass is 19.1. The lowest BCUT2D eigenvalue weighted by molar-refractivity contribution is -0.120. The van der Waals surface area contributed by atoms with Crippen molar-refractivity contribution in [2.75, 3.05) is 18.0 Å². The molecule has 0 saturated carbocycles. The Balaban J connectivity index is 3.09.